The number of rotatable bonds is 3. The Balaban J connectivity index is 1.67. The van der Waals surface area contributed by atoms with E-state index < -0.39 is 27.1 Å². The van der Waals surface area contributed by atoms with Crippen molar-refractivity contribution in [2.24, 2.45) is 22.7 Å². The molecule has 3 rings (SSSR count). The molecular formula is C16H25NO5S. The first-order chi connectivity index (χ1) is 10.6. The minimum absolute atomic E-state index is 0.0496. The molecule has 130 valence electrons. The molecule has 0 aromatic carbocycles. The Hall–Kier alpha value is -1.11. The van der Waals surface area contributed by atoms with E-state index in [0.717, 1.165) is 6.42 Å². The smallest absolute Gasteiger partial charge is 0.310 e. The van der Waals surface area contributed by atoms with Gasteiger partial charge in [0.25, 0.3) is 0 Å². The number of aliphatic carboxylic acids is 1. The number of likely N-dealkylation sites (tertiary alicyclic amines) is 1. The highest BCUT2D eigenvalue weighted by molar-refractivity contribution is 7.91. The zero-order chi connectivity index (χ0) is 17.0. The Morgan fingerprint density at radius 3 is 2.26 bits per heavy atom. The van der Waals surface area contributed by atoms with Crippen LogP contribution in [-0.4, -0.2) is 54.9 Å². The Morgan fingerprint density at radius 2 is 1.78 bits per heavy atom. The number of carboxylic acids is 1. The van der Waals surface area contributed by atoms with Gasteiger partial charge in [-0.2, -0.15) is 0 Å². The van der Waals surface area contributed by atoms with Crippen LogP contribution in [0, 0.1) is 22.7 Å². The molecule has 2 heterocycles. The third-order valence-electron chi connectivity index (χ3n) is 6.37. The second-order valence-corrected chi connectivity index (χ2v) is 10.2. The van der Waals surface area contributed by atoms with Crippen LogP contribution in [0.15, 0.2) is 0 Å². The maximum Gasteiger partial charge on any atom is 0.310 e. The number of amides is 1. The fraction of sp³-hybridized carbons (Fsp3) is 0.875. The summed E-state index contributed by atoms with van der Waals surface area (Å²) in [5.74, 6) is -0.977. The van der Waals surface area contributed by atoms with Crippen LogP contribution in [0.3, 0.4) is 0 Å². The molecule has 0 aromatic rings. The van der Waals surface area contributed by atoms with E-state index in [-0.39, 0.29) is 28.7 Å². The van der Waals surface area contributed by atoms with Crippen LogP contribution in [0.5, 0.6) is 0 Å². The summed E-state index contributed by atoms with van der Waals surface area (Å²) in [6.07, 6.45) is 2.51. The van der Waals surface area contributed by atoms with Gasteiger partial charge >= 0.3 is 5.97 Å². The number of carboxylic acid groups (broad SMARTS) is 1. The zero-order valence-corrected chi connectivity index (χ0v) is 14.6. The first-order valence-corrected chi connectivity index (χ1v) is 10.2. The lowest BCUT2D eigenvalue weighted by molar-refractivity contribution is -0.148. The molecule has 1 saturated carbocycles. The van der Waals surface area contributed by atoms with Crippen LogP contribution < -0.4 is 0 Å². The molecule has 0 radical (unpaired) electrons. The summed E-state index contributed by atoms with van der Waals surface area (Å²) in [4.78, 5) is 26.1. The predicted octanol–water partition coefficient (Wildman–Crippen LogP) is 1.16. The molecule has 1 N–H and O–H groups in total. The fourth-order valence-corrected chi connectivity index (χ4v) is 6.12. The lowest BCUT2D eigenvalue weighted by atomic mass is 9.81. The molecule has 23 heavy (non-hydrogen) atoms. The number of nitrogens with zero attached hydrogens (tertiary/aromatic N) is 1. The molecule has 2 aliphatic heterocycles. The Labute approximate surface area is 137 Å². The van der Waals surface area contributed by atoms with E-state index in [4.69, 9.17) is 0 Å². The third kappa shape index (κ3) is 2.66. The van der Waals surface area contributed by atoms with Gasteiger partial charge in [-0.1, -0.05) is 13.8 Å². The summed E-state index contributed by atoms with van der Waals surface area (Å²) < 4.78 is 23.2. The van der Waals surface area contributed by atoms with Gasteiger partial charge in [0.05, 0.1) is 22.8 Å². The Morgan fingerprint density at radius 1 is 1.17 bits per heavy atom. The molecule has 3 fully saturated rings. The maximum absolute atomic E-state index is 12.7. The Kier molecular flexibility index (Phi) is 3.78. The normalized spacial score (nSPS) is 34.7. The number of hydrogen-bond acceptors (Lipinski definition) is 4. The topological polar surface area (TPSA) is 91.8 Å². The number of carbonyl (C=O) groups is 2. The molecule has 2 atom stereocenters. The minimum Gasteiger partial charge on any atom is -0.481 e. The van der Waals surface area contributed by atoms with Gasteiger partial charge in [0.2, 0.25) is 5.91 Å². The molecule has 1 spiro atoms. The van der Waals surface area contributed by atoms with Crippen molar-refractivity contribution in [3.63, 3.8) is 0 Å². The van der Waals surface area contributed by atoms with Crippen molar-refractivity contribution >= 4 is 21.7 Å². The van der Waals surface area contributed by atoms with Crippen LogP contribution in [0.25, 0.3) is 0 Å². The van der Waals surface area contributed by atoms with Crippen molar-refractivity contribution in [1.29, 1.82) is 0 Å². The summed E-state index contributed by atoms with van der Waals surface area (Å²) in [7, 11) is -2.91. The average molecular weight is 343 g/mol. The maximum atomic E-state index is 12.7. The molecule has 0 aromatic heterocycles. The van der Waals surface area contributed by atoms with Crippen molar-refractivity contribution in [3.05, 3.63) is 0 Å². The van der Waals surface area contributed by atoms with Gasteiger partial charge in [0.1, 0.15) is 9.84 Å². The summed E-state index contributed by atoms with van der Waals surface area (Å²) in [6, 6.07) is 0. The summed E-state index contributed by atoms with van der Waals surface area (Å²) >= 11 is 0. The molecule has 0 unspecified atom stereocenters. The highest BCUT2D eigenvalue weighted by Gasteiger charge is 2.66. The van der Waals surface area contributed by atoms with E-state index in [1.54, 1.807) is 4.90 Å². The van der Waals surface area contributed by atoms with Crippen LogP contribution in [0.1, 0.15) is 39.5 Å². The van der Waals surface area contributed by atoms with E-state index in [9.17, 15) is 23.1 Å². The Bertz CT molecular complexity index is 627. The number of sulfone groups is 1. The van der Waals surface area contributed by atoms with E-state index in [2.05, 4.69) is 0 Å². The largest absolute Gasteiger partial charge is 0.481 e. The SMILES string of the molecule is CC(C)[C@]1(C(=O)O)C[C@H]1C(=O)N1CCC2(CCS(=O)(=O)CC2)C1. The molecular weight excluding hydrogens is 318 g/mol. The summed E-state index contributed by atoms with van der Waals surface area (Å²) in [5.41, 5.74) is -0.970. The minimum atomic E-state index is -2.91. The highest BCUT2D eigenvalue weighted by Crippen LogP contribution is 2.59. The summed E-state index contributed by atoms with van der Waals surface area (Å²) in [5, 5.41) is 9.50. The molecule has 1 aliphatic carbocycles. The average Bonchev–Trinajstić information content (AvgIpc) is 3.11. The van der Waals surface area contributed by atoms with Crippen LogP contribution in [0.4, 0.5) is 0 Å². The molecule has 6 nitrogen and oxygen atoms in total. The van der Waals surface area contributed by atoms with Crippen molar-refractivity contribution in [3.8, 4) is 0 Å². The second-order valence-electron chi connectivity index (χ2n) is 7.92. The number of carbonyl (C=O) groups excluding carboxylic acids is 1. The van der Waals surface area contributed by atoms with E-state index >= 15 is 0 Å². The van der Waals surface area contributed by atoms with Gasteiger partial charge in [-0.3, -0.25) is 9.59 Å². The van der Waals surface area contributed by atoms with Crippen molar-refractivity contribution in [2.75, 3.05) is 24.6 Å². The van der Waals surface area contributed by atoms with Crippen LogP contribution >= 0.6 is 0 Å². The number of hydrogen-bond donors (Lipinski definition) is 1. The van der Waals surface area contributed by atoms with Gasteiger partial charge in [0, 0.05) is 13.1 Å². The fourth-order valence-electron chi connectivity index (χ4n) is 4.43. The molecule has 0 bridgehead atoms. The standard InChI is InChI=1S/C16H25NO5S/c1-11(2)16(14(19)20)9-12(16)13(18)17-6-3-15(10-17)4-7-23(21,22)8-5-15/h11-12H,3-10H2,1-2H3,(H,19,20)/t12-,16+/m0/s1. The van der Waals surface area contributed by atoms with E-state index in [1.807, 2.05) is 13.8 Å². The highest BCUT2D eigenvalue weighted by atomic mass is 32.2. The zero-order valence-electron chi connectivity index (χ0n) is 13.7. The van der Waals surface area contributed by atoms with Crippen LogP contribution in [0.2, 0.25) is 0 Å². The van der Waals surface area contributed by atoms with E-state index in [0.29, 0.717) is 32.4 Å². The molecule has 7 heteroatoms. The van der Waals surface area contributed by atoms with Gasteiger partial charge in [0.15, 0.2) is 0 Å². The van der Waals surface area contributed by atoms with Crippen molar-refractivity contribution in [2.45, 2.75) is 39.5 Å². The van der Waals surface area contributed by atoms with E-state index in [1.165, 1.54) is 0 Å². The first-order valence-electron chi connectivity index (χ1n) is 8.35. The van der Waals surface area contributed by atoms with Gasteiger partial charge < -0.3 is 10.0 Å². The van der Waals surface area contributed by atoms with Gasteiger partial charge in [-0.15, -0.1) is 0 Å². The van der Waals surface area contributed by atoms with Crippen LogP contribution in [-0.2, 0) is 19.4 Å². The van der Waals surface area contributed by atoms with Crippen molar-refractivity contribution in [1.82, 2.24) is 4.90 Å². The monoisotopic (exact) mass is 343 g/mol. The lowest BCUT2D eigenvalue weighted by Crippen LogP contribution is -2.39. The van der Waals surface area contributed by atoms with Gasteiger partial charge in [-0.05, 0) is 37.0 Å². The lowest BCUT2D eigenvalue weighted by Gasteiger charge is -2.33. The molecule has 2 saturated heterocycles. The molecule has 3 aliphatic rings. The predicted molar refractivity (Wildman–Crippen MR) is 84.5 cm³/mol. The second kappa shape index (κ2) is 5.19. The van der Waals surface area contributed by atoms with Crippen molar-refractivity contribution < 1.29 is 23.1 Å². The molecule has 1 amide bonds. The summed E-state index contributed by atoms with van der Waals surface area (Å²) in [6.45, 7) is 4.94. The first kappa shape index (κ1) is 16.7. The van der Waals surface area contributed by atoms with Gasteiger partial charge in [-0.25, -0.2) is 8.42 Å². The quantitative estimate of drug-likeness (QED) is 0.830. The third-order valence-corrected chi connectivity index (χ3v) is 8.02.